The third-order valence-electron chi connectivity index (χ3n) is 6.31. The van der Waals surface area contributed by atoms with Crippen LogP contribution < -0.4 is 10.6 Å². The molecule has 0 radical (unpaired) electrons. The molecule has 0 spiro atoms. The van der Waals surface area contributed by atoms with Gasteiger partial charge in [0, 0.05) is 36.5 Å². The molecular formula is C25H19FN10. The number of H-pyrrole nitrogens is 2. The van der Waals surface area contributed by atoms with Crippen LogP contribution in [0.5, 0.6) is 0 Å². The number of nitrogens with two attached hydrogens (primary N) is 1. The molecule has 10 nitrogen and oxygen atoms in total. The van der Waals surface area contributed by atoms with Crippen molar-refractivity contribution in [1.29, 1.82) is 0 Å². The van der Waals surface area contributed by atoms with Crippen LogP contribution in [0.25, 0.3) is 56.1 Å². The van der Waals surface area contributed by atoms with Gasteiger partial charge in [-0.2, -0.15) is 5.10 Å². The summed E-state index contributed by atoms with van der Waals surface area (Å²) in [5.74, 6) is 0.936. The minimum Gasteiger partial charge on any atom is -0.352 e. The number of rotatable bonds is 4. The molecule has 6 aromatic rings. The number of anilines is 1. The van der Waals surface area contributed by atoms with Crippen molar-refractivity contribution in [3.8, 4) is 34.0 Å². The smallest absolute Gasteiger partial charge is 0.161 e. The molecule has 1 aliphatic rings. The third kappa shape index (κ3) is 3.28. The summed E-state index contributed by atoms with van der Waals surface area (Å²) in [6.07, 6.45) is 6.69. The van der Waals surface area contributed by atoms with Gasteiger partial charge in [0.05, 0.1) is 35.3 Å². The molecule has 0 saturated carbocycles. The lowest BCUT2D eigenvalue weighted by Gasteiger charge is -2.37. The van der Waals surface area contributed by atoms with E-state index in [1.54, 1.807) is 43.0 Å². The van der Waals surface area contributed by atoms with Crippen molar-refractivity contribution in [2.75, 3.05) is 18.0 Å². The predicted molar refractivity (Wildman–Crippen MR) is 133 cm³/mol. The number of aromatic nitrogens is 8. The topological polar surface area (TPSA) is 138 Å². The van der Waals surface area contributed by atoms with E-state index in [-0.39, 0.29) is 11.9 Å². The number of pyridine rings is 2. The zero-order valence-corrected chi connectivity index (χ0v) is 18.9. The lowest BCUT2D eigenvalue weighted by Crippen LogP contribution is -2.56. The van der Waals surface area contributed by atoms with E-state index in [2.05, 4.69) is 30.0 Å². The summed E-state index contributed by atoms with van der Waals surface area (Å²) in [6, 6.07) is 10.5. The van der Waals surface area contributed by atoms with Crippen LogP contribution in [0.4, 0.5) is 10.2 Å². The number of hydrogen-bond acceptors (Lipinski definition) is 8. The molecule has 0 atom stereocenters. The average molecular weight is 478 g/mol. The van der Waals surface area contributed by atoms with E-state index in [0.29, 0.717) is 50.6 Å². The maximum atomic E-state index is 14.5. The molecule has 0 aliphatic carbocycles. The summed E-state index contributed by atoms with van der Waals surface area (Å²) in [5.41, 5.74) is 11.4. The zero-order valence-electron chi connectivity index (χ0n) is 18.9. The van der Waals surface area contributed by atoms with E-state index in [0.717, 1.165) is 24.4 Å². The van der Waals surface area contributed by atoms with Gasteiger partial charge in [0.15, 0.2) is 11.5 Å². The predicted octanol–water partition coefficient (Wildman–Crippen LogP) is 3.31. The quantitative estimate of drug-likeness (QED) is 0.351. The standard InChI is InChI=1S/C25H19FN10/c26-16-4-2-1-3-14(16)15-7-28-9-20-22(15)33-25(32-20)24-23-18(34-35-24)6-5-17(31-23)19-8-29-10-21(30-19)36-11-13(27)12-36/h1-10,13H,11-12,27H2,(H,32,33)(H,34,35). The molecule has 6 heterocycles. The molecule has 0 bridgehead atoms. The van der Waals surface area contributed by atoms with Crippen LogP contribution in [0, 0.1) is 5.82 Å². The first-order valence-electron chi connectivity index (χ1n) is 11.4. The Bertz CT molecular complexity index is 1750. The normalized spacial score (nSPS) is 14.0. The highest BCUT2D eigenvalue weighted by Gasteiger charge is 2.25. The number of nitrogens with one attached hydrogen (secondary N) is 2. The molecular weight excluding hydrogens is 459 g/mol. The van der Waals surface area contributed by atoms with Gasteiger partial charge >= 0.3 is 0 Å². The van der Waals surface area contributed by atoms with Crippen molar-refractivity contribution in [1.82, 2.24) is 40.1 Å². The zero-order chi connectivity index (χ0) is 24.2. The first-order chi connectivity index (χ1) is 17.6. The maximum Gasteiger partial charge on any atom is 0.161 e. The van der Waals surface area contributed by atoms with Gasteiger partial charge in [-0.1, -0.05) is 18.2 Å². The third-order valence-corrected chi connectivity index (χ3v) is 6.31. The Morgan fingerprint density at radius 3 is 2.56 bits per heavy atom. The van der Waals surface area contributed by atoms with Gasteiger partial charge in [-0.25, -0.2) is 19.3 Å². The fourth-order valence-electron chi connectivity index (χ4n) is 4.46. The molecule has 1 fully saturated rings. The molecule has 11 heteroatoms. The fraction of sp³-hybridized carbons (Fsp3) is 0.120. The summed E-state index contributed by atoms with van der Waals surface area (Å²) >= 11 is 0. The molecule has 36 heavy (non-hydrogen) atoms. The lowest BCUT2D eigenvalue weighted by molar-refractivity contribution is 0.514. The van der Waals surface area contributed by atoms with Crippen LogP contribution in [0.15, 0.2) is 61.2 Å². The van der Waals surface area contributed by atoms with E-state index >= 15 is 0 Å². The van der Waals surface area contributed by atoms with Gasteiger partial charge in [0.25, 0.3) is 0 Å². The lowest BCUT2D eigenvalue weighted by atomic mass is 10.1. The molecule has 4 N–H and O–H groups in total. The van der Waals surface area contributed by atoms with Gasteiger partial charge in [-0.3, -0.25) is 15.1 Å². The van der Waals surface area contributed by atoms with Crippen LogP contribution in [-0.4, -0.2) is 59.2 Å². The largest absolute Gasteiger partial charge is 0.352 e. The summed E-state index contributed by atoms with van der Waals surface area (Å²) in [6.45, 7) is 1.51. The number of nitrogens with zero attached hydrogens (tertiary/aromatic N) is 7. The second kappa shape index (κ2) is 7.89. The van der Waals surface area contributed by atoms with Crippen molar-refractivity contribution in [2.24, 2.45) is 5.73 Å². The molecule has 7 rings (SSSR count). The van der Waals surface area contributed by atoms with E-state index in [1.165, 1.54) is 6.07 Å². The second-order valence-corrected chi connectivity index (χ2v) is 8.74. The van der Waals surface area contributed by atoms with Crippen LogP contribution in [0.2, 0.25) is 0 Å². The van der Waals surface area contributed by atoms with Crippen molar-refractivity contribution >= 4 is 27.9 Å². The van der Waals surface area contributed by atoms with E-state index in [9.17, 15) is 4.39 Å². The van der Waals surface area contributed by atoms with E-state index in [4.69, 9.17) is 20.7 Å². The molecule has 176 valence electrons. The molecule has 5 aromatic heterocycles. The Labute approximate surface area is 203 Å². The Morgan fingerprint density at radius 1 is 0.833 bits per heavy atom. The Hall–Kier alpha value is -4.77. The number of fused-ring (bicyclic) bond motifs is 2. The van der Waals surface area contributed by atoms with Gasteiger partial charge in [0.1, 0.15) is 28.4 Å². The fourth-order valence-corrected chi connectivity index (χ4v) is 4.46. The maximum absolute atomic E-state index is 14.5. The van der Waals surface area contributed by atoms with Gasteiger partial charge < -0.3 is 15.6 Å². The van der Waals surface area contributed by atoms with Crippen molar-refractivity contribution in [3.05, 3.63) is 67.0 Å². The van der Waals surface area contributed by atoms with Crippen molar-refractivity contribution in [2.45, 2.75) is 6.04 Å². The highest BCUT2D eigenvalue weighted by Crippen LogP contribution is 2.32. The minimum atomic E-state index is -0.337. The minimum absolute atomic E-state index is 0.163. The Balaban J connectivity index is 1.32. The summed E-state index contributed by atoms with van der Waals surface area (Å²) in [5, 5.41) is 7.47. The number of halogens is 1. The van der Waals surface area contributed by atoms with Crippen LogP contribution in [0.1, 0.15) is 0 Å². The summed E-state index contributed by atoms with van der Waals surface area (Å²) < 4.78 is 14.5. The molecule has 0 unspecified atom stereocenters. The first-order valence-corrected chi connectivity index (χ1v) is 11.4. The SMILES string of the molecule is NC1CN(c2cncc(-c3ccc4[nH]nc(-c5nc6c(-c7ccccc7F)cncc6[nH]5)c4n3)n2)C1. The van der Waals surface area contributed by atoms with E-state index in [1.807, 2.05) is 12.1 Å². The molecule has 1 aliphatic heterocycles. The highest BCUT2D eigenvalue weighted by molar-refractivity contribution is 5.95. The number of benzene rings is 1. The number of hydrogen-bond donors (Lipinski definition) is 3. The number of imidazole rings is 1. The Morgan fingerprint density at radius 2 is 1.69 bits per heavy atom. The molecule has 1 saturated heterocycles. The molecule has 0 amide bonds. The summed E-state index contributed by atoms with van der Waals surface area (Å²) in [7, 11) is 0. The van der Waals surface area contributed by atoms with Gasteiger partial charge in [-0.05, 0) is 18.2 Å². The van der Waals surface area contributed by atoms with E-state index < -0.39 is 0 Å². The number of aromatic amines is 2. The average Bonchev–Trinajstić information content (AvgIpc) is 3.51. The van der Waals surface area contributed by atoms with Gasteiger partial charge in [0.2, 0.25) is 0 Å². The molecule has 1 aromatic carbocycles. The second-order valence-electron chi connectivity index (χ2n) is 8.74. The monoisotopic (exact) mass is 478 g/mol. The van der Waals surface area contributed by atoms with Crippen molar-refractivity contribution < 1.29 is 4.39 Å². The van der Waals surface area contributed by atoms with Crippen LogP contribution >= 0.6 is 0 Å². The van der Waals surface area contributed by atoms with Gasteiger partial charge in [-0.15, -0.1) is 0 Å². The summed E-state index contributed by atoms with van der Waals surface area (Å²) in [4.78, 5) is 28.3. The van der Waals surface area contributed by atoms with Crippen molar-refractivity contribution in [3.63, 3.8) is 0 Å². The van der Waals surface area contributed by atoms with Crippen LogP contribution in [0.3, 0.4) is 0 Å². The Kier molecular flexibility index (Phi) is 4.51. The first kappa shape index (κ1) is 20.6. The highest BCUT2D eigenvalue weighted by atomic mass is 19.1. The van der Waals surface area contributed by atoms with Crippen LogP contribution in [-0.2, 0) is 0 Å².